The van der Waals surface area contributed by atoms with Crippen molar-refractivity contribution in [1.82, 2.24) is 4.98 Å². The number of nitrogens with one attached hydrogen (secondary N) is 1. The Morgan fingerprint density at radius 1 is 1.20 bits per heavy atom. The summed E-state index contributed by atoms with van der Waals surface area (Å²) in [6.45, 7) is 2.01. The van der Waals surface area contributed by atoms with Crippen molar-refractivity contribution in [2.24, 2.45) is 0 Å². The average molecular weight is 270 g/mol. The molecule has 2 aromatic rings. The number of pyridine rings is 1. The van der Waals surface area contributed by atoms with Gasteiger partial charge in [-0.15, -0.1) is 0 Å². The van der Waals surface area contributed by atoms with E-state index >= 15 is 0 Å². The van der Waals surface area contributed by atoms with Crippen molar-refractivity contribution < 1.29 is 14.3 Å². The molecule has 1 aromatic carbocycles. The maximum absolute atomic E-state index is 12.2. The molecule has 0 aliphatic rings. The molecule has 0 aliphatic heterocycles. The number of benzene rings is 1. The summed E-state index contributed by atoms with van der Waals surface area (Å²) in [6.07, 6.45) is 1.02. The fraction of sp³-hybridized carbons (Fsp3) is 0.133. The van der Waals surface area contributed by atoms with Crippen LogP contribution in [0.3, 0.4) is 0 Å². The van der Waals surface area contributed by atoms with Crippen LogP contribution in [0.4, 0.5) is 10.5 Å². The molecule has 0 spiro atoms. The normalized spacial score (nSPS) is 9.85. The lowest BCUT2D eigenvalue weighted by atomic mass is 10.1. The van der Waals surface area contributed by atoms with E-state index in [-0.39, 0.29) is 5.78 Å². The average Bonchev–Trinajstić information content (AvgIpc) is 2.48. The van der Waals surface area contributed by atoms with Gasteiger partial charge in [-0.3, -0.25) is 15.1 Å². The highest BCUT2D eigenvalue weighted by Crippen LogP contribution is 2.14. The Bertz CT molecular complexity index is 612. The maximum Gasteiger partial charge on any atom is 0.411 e. The van der Waals surface area contributed by atoms with Crippen LogP contribution in [0.2, 0.25) is 0 Å². The number of hydrogen-bond donors (Lipinski definition) is 1. The molecule has 0 saturated heterocycles. The lowest BCUT2D eigenvalue weighted by molar-refractivity contribution is 0.103. The van der Waals surface area contributed by atoms with Crippen LogP contribution in [-0.2, 0) is 4.74 Å². The zero-order chi connectivity index (χ0) is 14.4. The van der Waals surface area contributed by atoms with Crippen LogP contribution in [0.25, 0.3) is 0 Å². The molecule has 5 nitrogen and oxygen atoms in total. The number of aromatic nitrogens is 1. The van der Waals surface area contributed by atoms with E-state index in [1.54, 1.807) is 55.6 Å². The highest BCUT2D eigenvalue weighted by Gasteiger charge is 2.11. The van der Waals surface area contributed by atoms with Gasteiger partial charge in [0.15, 0.2) is 0 Å². The Hall–Kier alpha value is -2.69. The Kier molecular flexibility index (Phi) is 4.44. The van der Waals surface area contributed by atoms with Crippen molar-refractivity contribution in [3.63, 3.8) is 0 Å². The lowest BCUT2D eigenvalue weighted by Crippen LogP contribution is -2.13. The predicted octanol–water partition coefficient (Wildman–Crippen LogP) is 2.88. The molecule has 0 aliphatic carbocycles. The summed E-state index contributed by atoms with van der Waals surface area (Å²) in [5.41, 5.74) is 1.32. The summed E-state index contributed by atoms with van der Waals surface area (Å²) in [5, 5.41) is 2.56. The largest absolute Gasteiger partial charge is 0.450 e. The molecule has 5 heteroatoms. The van der Waals surface area contributed by atoms with Crippen LogP contribution >= 0.6 is 0 Å². The number of ketones is 1. The quantitative estimate of drug-likeness (QED) is 0.867. The summed E-state index contributed by atoms with van der Waals surface area (Å²) in [7, 11) is 0. The van der Waals surface area contributed by atoms with E-state index in [2.05, 4.69) is 10.3 Å². The molecule has 0 saturated carbocycles. The SMILES string of the molecule is CCOC(=O)Nc1cccc(C(=O)c2ccccn2)c1. The Morgan fingerprint density at radius 2 is 2.05 bits per heavy atom. The smallest absolute Gasteiger partial charge is 0.411 e. The molecule has 2 rings (SSSR count). The fourth-order valence-corrected chi connectivity index (χ4v) is 1.67. The van der Waals surface area contributed by atoms with E-state index in [0.717, 1.165) is 0 Å². The molecule has 0 unspecified atom stereocenters. The first-order valence-electron chi connectivity index (χ1n) is 6.20. The van der Waals surface area contributed by atoms with Crippen LogP contribution in [0.15, 0.2) is 48.7 Å². The summed E-state index contributed by atoms with van der Waals surface area (Å²) in [6, 6.07) is 11.8. The molecule has 0 radical (unpaired) electrons. The highest BCUT2D eigenvalue weighted by atomic mass is 16.5. The summed E-state index contributed by atoms with van der Waals surface area (Å²) < 4.78 is 4.78. The molecule has 1 amide bonds. The first kappa shape index (κ1) is 13.7. The number of carbonyl (C=O) groups excluding carboxylic acids is 2. The second-order valence-corrected chi connectivity index (χ2v) is 3.97. The van der Waals surface area contributed by atoms with Crippen molar-refractivity contribution in [2.75, 3.05) is 11.9 Å². The third-order valence-corrected chi connectivity index (χ3v) is 2.54. The first-order valence-corrected chi connectivity index (χ1v) is 6.20. The summed E-state index contributed by atoms with van der Waals surface area (Å²) >= 11 is 0. The third-order valence-electron chi connectivity index (χ3n) is 2.54. The van der Waals surface area contributed by atoms with Gasteiger partial charge in [-0.05, 0) is 31.2 Å². The number of nitrogens with zero attached hydrogens (tertiary/aromatic N) is 1. The Labute approximate surface area is 116 Å². The molecule has 20 heavy (non-hydrogen) atoms. The van der Waals surface area contributed by atoms with E-state index in [1.165, 1.54) is 0 Å². The minimum Gasteiger partial charge on any atom is -0.450 e. The van der Waals surface area contributed by atoms with Gasteiger partial charge >= 0.3 is 6.09 Å². The van der Waals surface area contributed by atoms with Gasteiger partial charge in [-0.25, -0.2) is 4.79 Å². The number of rotatable bonds is 4. The predicted molar refractivity (Wildman–Crippen MR) is 74.8 cm³/mol. The van der Waals surface area contributed by atoms with Crippen molar-refractivity contribution >= 4 is 17.6 Å². The van der Waals surface area contributed by atoms with Gasteiger partial charge in [0.1, 0.15) is 5.69 Å². The standard InChI is InChI=1S/C15H14N2O3/c1-2-20-15(19)17-12-7-5-6-11(10-12)14(18)13-8-3-4-9-16-13/h3-10H,2H2,1H3,(H,17,19). The molecular formula is C15H14N2O3. The molecular weight excluding hydrogens is 256 g/mol. The highest BCUT2D eigenvalue weighted by molar-refractivity contribution is 6.08. The van der Waals surface area contributed by atoms with Gasteiger partial charge in [0.2, 0.25) is 5.78 Å². The monoisotopic (exact) mass is 270 g/mol. The molecule has 0 bridgehead atoms. The van der Waals surface area contributed by atoms with Crippen LogP contribution < -0.4 is 5.32 Å². The van der Waals surface area contributed by atoms with E-state index in [9.17, 15) is 9.59 Å². The fourth-order valence-electron chi connectivity index (χ4n) is 1.67. The Morgan fingerprint density at radius 3 is 2.75 bits per heavy atom. The topological polar surface area (TPSA) is 68.3 Å². The third kappa shape index (κ3) is 3.41. The zero-order valence-electron chi connectivity index (χ0n) is 11.0. The second-order valence-electron chi connectivity index (χ2n) is 3.97. The Balaban J connectivity index is 2.18. The number of amides is 1. The van der Waals surface area contributed by atoms with Crippen molar-refractivity contribution in [1.29, 1.82) is 0 Å². The minimum atomic E-state index is -0.546. The van der Waals surface area contributed by atoms with Crippen molar-refractivity contribution in [3.05, 3.63) is 59.9 Å². The summed E-state index contributed by atoms with van der Waals surface area (Å²) in [5.74, 6) is -0.196. The number of anilines is 1. The van der Waals surface area contributed by atoms with E-state index in [1.807, 2.05) is 0 Å². The van der Waals surface area contributed by atoms with Crippen molar-refractivity contribution in [3.8, 4) is 0 Å². The van der Waals surface area contributed by atoms with Crippen LogP contribution in [-0.4, -0.2) is 23.5 Å². The van der Waals surface area contributed by atoms with Gasteiger partial charge in [0.25, 0.3) is 0 Å². The molecule has 0 atom stereocenters. The number of hydrogen-bond acceptors (Lipinski definition) is 4. The van der Waals surface area contributed by atoms with Crippen LogP contribution in [0.1, 0.15) is 23.0 Å². The maximum atomic E-state index is 12.2. The molecule has 1 aromatic heterocycles. The van der Waals surface area contributed by atoms with Gasteiger partial charge in [-0.2, -0.15) is 0 Å². The minimum absolute atomic E-state index is 0.196. The molecule has 0 fully saturated rings. The van der Waals surface area contributed by atoms with Crippen LogP contribution in [0.5, 0.6) is 0 Å². The lowest BCUT2D eigenvalue weighted by Gasteiger charge is -2.06. The van der Waals surface area contributed by atoms with E-state index in [4.69, 9.17) is 4.74 Å². The second kappa shape index (κ2) is 6.47. The number of ether oxygens (including phenoxy) is 1. The van der Waals surface area contributed by atoms with Crippen LogP contribution in [0, 0.1) is 0 Å². The van der Waals surface area contributed by atoms with Gasteiger partial charge in [0, 0.05) is 17.4 Å². The molecule has 1 heterocycles. The van der Waals surface area contributed by atoms with E-state index in [0.29, 0.717) is 23.6 Å². The molecule has 102 valence electrons. The van der Waals surface area contributed by atoms with Gasteiger partial charge < -0.3 is 4.74 Å². The number of carbonyl (C=O) groups is 2. The first-order chi connectivity index (χ1) is 9.70. The van der Waals surface area contributed by atoms with E-state index < -0.39 is 6.09 Å². The summed E-state index contributed by atoms with van der Waals surface area (Å²) in [4.78, 5) is 27.6. The molecule has 1 N–H and O–H groups in total. The van der Waals surface area contributed by atoms with Gasteiger partial charge in [0.05, 0.1) is 6.61 Å². The zero-order valence-corrected chi connectivity index (χ0v) is 11.0. The van der Waals surface area contributed by atoms with Crippen molar-refractivity contribution in [2.45, 2.75) is 6.92 Å². The van der Waals surface area contributed by atoms with Gasteiger partial charge in [-0.1, -0.05) is 18.2 Å².